The van der Waals surface area contributed by atoms with Crippen LogP contribution in [-0.4, -0.2) is 209 Å². The Morgan fingerprint density at radius 1 is 0.649 bits per heavy atom. The Morgan fingerprint density at radius 2 is 0.946 bits per heavy atom. The molecular formula is C48H73BrF3N9O13. The highest BCUT2D eigenvalue weighted by Gasteiger charge is 2.25. The van der Waals surface area contributed by atoms with E-state index in [1.807, 2.05) is 51.3 Å². The molecule has 74 heavy (non-hydrogen) atoms. The number of alkyl halides is 4. The lowest BCUT2D eigenvalue weighted by Gasteiger charge is -2.27. The van der Waals surface area contributed by atoms with Crippen molar-refractivity contribution >= 4 is 57.5 Å². The number of benzene rings is 2. The van der Waals surface area contributed by atoms with E-state index in [1.54, 1.807) is 30.3 Å². The molecule has 0 saturated carbocycles. The van der Waals surface area contributed by atoms with Crippen molar-refractivity contribution in [2.24, 2.45) is 0 Å². The van der Waals surface area contributed by atoms with Crippen LogP contribution in [0, 0.1) is 31.6 Å². The summed E-state index contributed by atoms with van der Waals surface area (Å²) in [5.41, 5.74) is 1.34. The van der Waals surface area contributed by atoms with Gasteiger partial charge in [0.25, 0.3) is 11.4 Å². The van der Waals surface area contributed by atoms with Gasteiger partial charge in [0, 0.05) is 122 Å². The van der Waals surface area contributed by atoms with Crippen LogP contribution in [0.1, 0.15) is 59.6 Å². The second-order valence-corrected chi connectivity index (χ2v) is 19.4. The van der Waals surface area contributed by atoms with Crippen molar-refractivity contribution in [3.8, 4) is 6.07 Å². The van der Waals surface area contributed by atoms with Gasteiger partial charge in [-0.2, -0.15) is 18.4 Å². The number of hydrogen-bond acceptors (Lipinski definition) is 18. The van der Waals surface area contributed by atoms with Gasteiger partial charge < -0.3 is 29.9 Å². The summed E-state index contributed by atoms with van der Waals surface area (Å²) in [5, 5.41) is 50.7. The maximum Gasteiger partial charge on any atom is 0.446 e. The van der Waals surface area contributed by atoms with Crippen LogP contribution in [-0.2, 0) is 46.3 Å². The van der Waals surface area contributed by atoms with E-state index >= 15 is 0 Å². The van der Waals surface area contributed by atoms with Crippen LogP contribution in [0.3, 0.4) is 0 Å². The summed E-state index contributed by atoms with van der Waals surface area (Å²) in [4.78, 5) is 85.1. The molecule has 0 unspecified atom stereocenters. The lowest BCUT2D eigenvalue weighted by molar-refractivity contribution is -0.385. The van der Waals surface area contributed by atoms with E-state index in [2.05, 4.69) is 35.9 Å². The Bertz CT molecular complexity index is 1980. The van der Waals surface area contributed by atoms with E-state index in [0.29, 0.717) is 65.3 Å². The average Bonchev–Trinajstić information content (AvgIpc) is 3.44. The van der Waals surface area contributed by atoms with Crippen molar-refractivity contribution in [1.29, 1.82) is 5.26 Å². The third kappa shape index (κ3) is 37.1. The number of rotatable bonds is 15. The van der Waals surface area contributed by atoms with E-state index in [1.165, 1.54) is 31.2 Å². The predicted molar refractivity (Wildman–Crippen MR) is 273 cm³/mol. The summed E-state index contributed by atoms with van der Waals surface area (Å²) < 4.78 is 42.1. The minimum absolute atomic E-state index is 0.0557. The number of carbonyl (C=O) groups excluding carboxylic acids is 3. The quantitative estimate of drug-likeness (QED) is 0.0702. The number of hydrogen-bond donors (Lipinski definition) is 3. The Kier molecular flexibility index (Phi) is 33.5. The molecule has 0 atom stereocenters. The highest BCUT2D eigenvalue weighted by molar-refractivity contribution is 9.09. The van der Waals surface area contributed by atoms with Crippen molar-refractivity contribution in [3.05, 3.63) is 79.9 Å². The Hall–Kier alpha value is -5.69. The van der Waals surface area contributed by atoms with Crippen LogP contribution in [0.2, 0.25) is 0 Å². The van der Waals surface area contributed by atoms with E-state index in [-0.39, 0.29) is 49.5 Å². The number of aliphatic carboxylic acids is 2. The van der Waals surface area contributed by atoms with Crippen molar-refractivity contribution in [2.45, 2.75) is 78.7 Å². The van der Waals surface area contributed by atoms with Gasteiger partial charge in [-0.1, -0.05) is 40.2 Å². The molecule has 2 saturated heterocycles. The maximum absolute atomic E-state index is 12.1. The van der Waals surface area contributed by atoms with Crippen LogP contribution in [0.4, 0.5) is 24.5 Å². The fourth-order valence-corrected chi connectivity index (χ4v) is 7.06. The number of nitriles is 1. The Labute approximate surface area is 439 Å². The molecule has 0 radical (unpaired) electrons. The van der Waals surface area contributed by atoms with Crippen LogP contribution in [0.25, 0.3) is 0 Å². The molecule has 2 aliphatic rings. The lowest BCUT2D eigenvalue weighted by Crippen LogP contribution is -2.42. The fourth-order valence-electron chi connectivity index (χ4n) is 6.61. The molecule has 0 amide bonds. The maximum atomic E-state index is 12.1. The third-order valence-corrected chi connectivity index (χ3v) is 10.3. The summed E-state index contributed by atoms with van der Waals surface area (Å²) in [7, 11) is 0. The smallest absolute Gasteiger partial charge is 0.446 e. The molecule has 2 aromatic carbocycles. The number of nitrogens with zero attached hydrogens (tertiary/aromatic N) is 8. The summed E-state index contributed by atoms with van der Waals surface area (Å²) in [6.07, 6.45) is -4.10. The number of carboxylic acids is 2. The molecule has 2 aliphatic heterocycles. The molecule has 416 valence electrons. The molecule has 0 bridgehead atoms. The average molecular weight is 1120 g/mol. The summed E-state index contributed by atoms with van der Waals surface area (Å²) in [6.45, 7) is 21.9. The number of halogens is 4. The number of aldehydes is 1. The van der Waals surface area contributed by atoms with Crippen molar-refractivity contribution < 1.29 is 66.7 Å². The summed E-state index contributed by atoms with van der Waals surface area (Å²) >= 11 is 3.30. The van der Waals surface area contributed by atoms with Gasteiger partial charge in [-0.25, -0.2) is 0 Å². The molecule has 0 aliphatic carbocycles. The zero-order chi connectivity index (χ0) is 56.5. The van der Waals surface area contributed by atoms with Crippen LogP contribution in [0.15, 0.2) is 48.5 Å². The minimum atomic E-state index is -4.64. The fraction of sp³-hybridized carbons (Fsp3) is 0.625. The first-order valence-corrected chi connectivity index (χ1v) is 24.7. The van der Waals surface area contributed by atoms with Crippen LogP contribution < -0.4 is 5.32 Å². The van der Waals surface area contributed by atoms with E-state index in [4.69, 9.17) is 29.7 Å². The summed E-state index contributed by atoms with van der Waals surface area (Å²) in [6, 6.07) is 14.8. The zero-order valence-electron chi connectivity index (χ0n) is 43.3. The normalized spacial score (nSPS) is 15.5. The SMILES string of the molecule is CC#N.CC(C)(C)OC(=O)CN1CCNCCN(CC(=O)OC(C)(C)C)CC1.O=C(O)CN1CCN(CCc2ccc([N+](=O)[O-])cc2)CCN(CC(=O)O)CC1.O=CC(F)(F)F.O=[N+]([O-])c1ccc(CCBr)cc1. The molecule has 2 aromatic rings. The molecular weight excluding hydrogens is 1050 g/mol. The van der Waals surface area contributed by atoms with Gasteiger partial charge in [0.05, 0.1) is 42.1 Å². The van der Waals surface area contributed by atoms with Crippen LogP contribution in [0.5, 0.6) is 0 Å². The van der Waals surface area contributed by atoms with Gasteiger partial charge in [-0.05, 0) is 65.5 Å². The van der Waals surface area contributed by atoms with Gasteiger partial charge in [0.2, 0.25) is 6.29 Å². The Balaban J connectivity index is 0.00000105. The van der Waals surface area contributed by atoms with Gasteiger partial charge in [-0.3, -0.25) is 63.8 Å². The molecule has 0 aromatic heterocycles. The van der Waals surface area contributed by atoms with Crippen molar-refractivity contribution in [2.75, 3.05) is 117 Å². The van der Waals surface area contributed by atoms with E-state index in [0.717, 1.165) is 49.1 Å². The first-order chi connectivity index (χ1) is 34.5. The summed E-state index contributed by atoms with van der Waals surface area (Å²) in [5.74, 6) is -2.24. The molecule has 4 rings (SSSR count). The number of carbonyl (C=O) groups is 5. The third-order valence-electron chi connectivity index (χ3n) is 9.93. The number of esters is 2. The standard InChI is InChI=1S/C18H26N4O6.C18H35N3O4.C8H8BrNO2.C2HF3O.C2H3N/c23-17(24)13-20-9-7-19(8-10-21(12-11-20)14-18(25)26)6-5-15-1-3-16(4-2-15)22(27)28;1-17(2,3)24-15(22)13-20-9-7-19-8-10-21(12-11-20)14-16(23)25-18(4,5)6;9-6-5-7-1-3-8(4-2-7)10(11)12;3-2(4,5)1-6;1-2-3/h1-4H,5-14H2,(H,23,24)(H,25,26);19H,7-14H2,1-6H3;1-4H,5-6H2;1H;1H3. The molecule has 22 nitrogen and oxygen atoms in total. The number of nitrogens with one attached hydrogen (secondary N) is 1. The lowest BCUT2D eigenvalue weighted by atomic mass is 10.1. The monoisotopic (exact) mass is 1120 g/mol. The van der Waals surface area contributed by atoms with Crippen molar-refractivity contribution in [1.82, 2.24) is 29.8 Å². The van der Waals surface area contributed by atoms with Crippen LogP contribution >= 0.6 is 15.9 Å². The van der Waals surface area contributed by atoms with Gasteiger partial charge in [-0.15, -0.1) is 0 Å². The first-order valence-electron chi connectivity index (χ1n) is 23.6. The van der Waals surface area contributed by atoms with Gasteiger partial charge in [0.15, 0.2) is 0 Å². The number of nitro groups is 2. The first kappa shape index (κ1) is 68.3. The molecule has 3 N–H and O–H groups in total. The highest BCUT2D eigenvalue weighted by atomic mass is 79.9. The second-order valence-electron chi connectivity index (χ2n) is 18.6. The number of non-ortho nitro benzene ring substituents is 2. The largest absolute Gasteiger partial charge is 0.480 e. The van der Waals surface area contributed by atoms with E-state index < -0.39 is 45.4 Å². The van der Waals surface area contributed by atoms with Gasteiger partial charge >= 0.3 is 30.1 Å². The highest BCUT2D eigenvalue weighted by Crippen LogP contribution is 2.15. The predicted octanol–water partition coefficient (Wildman–Crippen LogP) is 4.91. The van der Waals surface area contributed by atoms with Gasteiger partial charge in [0.1, 0.15) is 11.2 Å². The van der Waals surface area contributed by atoms with E-state index in [9.17, 15) is 52.6 Å². The molecule has 0 spiro atoms. The number of ether oxygens (including phenoxy) is 2. The Morgan fingerprint density at radius 3 is 1.22 bits per heavy atom. The number of aryl methyl sites for hydroxylation is 1. The zero-order valence-corrected chi connectivity index (χ0v) is 44.9. The minimum Gasteiger partial charge on any atom is -0.480 e. The molecule has 2 fully saturated rings. The number of nitro benzene ring substituents is 2. The molecule has 26 heteroatoms. The second kappa shape index (κ2) is 36.3. The topological polar surface area (TPSA) is 283 Å². The van der Waals surface area contributed by atoms with Crippen molar-refractivity contribution in [3.63, 3.8) is 0 Å². The number of carboxylic acid groups (broad SMARTS) is 2. The molecule has 2 heterocycles.